The van der Waals surface area contributed by atoms with E-state index in [1.165, 1.54) is 6.92 Å². The lowest BCUT2D eigenvalue weighted by molar-refractivity contribution is -0.120. The summed E-state index contributed by atoms with van der Waals surface area (Å²) in [5, 5.41) is 6.08. The Hall–Kier alpha value is -1.68. The van der Waals surface area contributed by atoms with Crippen LogP contribution in [-0.2, 0) is 11.2 Å². The number of hydrogen-bond donors (Lipinski definition) is 2. The molecule has 0 saturated heterocycles. The van der Waals surface area contributed by atoms with Crippen molar-refractivity contribution in [3.63, 3.8) is 0 Å². The Kier molecular flexibility index (Phi) is 6.82. The summed E-state index contributed by atoms with van der Waals surface area (Å²) in [6, 6.07) is 7.17. The smallest absolute Gasteiger partial charge is 0.224 e. The topological polar surface area (TPSA) is 58.2 Å². The SMILES string of the molecule is CCCNCCNC(=O)Cc1ccc(C(C)=O)cc1. The molecule has 4 nitrogen and oxygen atoms in total. The molecule has 0 aromatic heterocycles. The van der Waals surface area contributed by atoms with Crippen molar-refractivity contribution in [3.8, 4) is 0 Å². The number of hydrogen-bond acceptors (Lipinski definition) is 3. The molecule has 1 aromatic rings. The molecule has 0 atom stereocenters. The van der Waals surface area contributed by atoms with E-state index in [1.807, 2.05) is 12.1 Å². The van der Waals surface area contributed by atoms with Crippen LogP contribution in [0.4, 0.5) is 0 Å². The molecule has 1 rings (SSSR count). The van der Waals surface area contributed by atoms with Gasteiger partial charge in [-0.05, 0) is 25.5 Å². The minimum absolute atomic E-state index is 0.00822. The Labute approximate surface area is 114 Å². The van der Waals surface area contributed by atoms with Gasteiger partial charge in [0.1, 0.15) is 0 Å². The number of benzene rings is 1. The second-order valence-corrected chi connectivity index (χ2v) is 4.53. The molecule has 0 radical (unpaired) electrons. The van der Waals surface area contributed by atoms with Crippen molar-refractivity contribution in [1.29, 1.82) is 0 Å². The summed E-state index contributed by atoms with van der Waals surface area (Å²) < 4.78 is 0. The van der Waals surface area contributed by atoms with Crippen LogP contribution >= 0.6 is 0 Å². The van der Waals surface area contributed by atoms with Gasteiger partial charge in [-0.1, -0.05) is 31.2 Å². The van der Waals surface area contributed by atoms with Gasteiger partial charge < -0.3 is 10.6 Å². The molecule has 1 amide bonds. The molecule has 1 aromatic carbocycles. The highest BCUT2D eigenvalue weighted by Gasteiger charge is 2.04. The van der Waals surface area contributed by atoms with Crippen LogP contribution in [0.1, 0.15) is 36.2 Å². The third-order valence-electron chi connectivity index (χ3n) is 2.78. The van der Waals surface area contributed by atoms with Crippen LogP contribution in [0.25, 0.3) is 0 Å². The van der Waals surface area contributed by atoms with E-state index in [2.05, 4.69) is 17.6 Å². The lowest BCUT2D eigenvalue weighted by atomic mass is 10.1. The minimum atomic E-state index is 0.00822. The number of Topliss-reactive ketones (excluding diaryl/α,β-unsaturated/α-hetero) is 1. The molecule has 0 aliphatic heterocycles. The Balaban J connectivity index is 2.30. The molecule has 0 bridgehead atoms. The van der Waals surface area contributed by atoms with E-state index in [4.69, 9.17) is 0 Å². The van der Waals surface area contributed by atoms with Gasteiger partial charge in [-0.15, -0.1) is 0 Å². The Morgan fingerprint density at radius 1 is 1.05 bits per heavy atom. The average molecular weight is 262 g/mol. The largest absolute Gasteiger partial charge is 0.355 e. The van der Waals surface area contributed by atoms with Gasteiger partial charge in [-0.2, -0.15) is 0 Å². The van der Waals surface area contributed by atoms with Gasteiger partial charge in [0.05, 0.1) is 6.42 Å². The summed E-state index contributed by atoms with van der Waals surface area (Å²) in [6.07, 6.45) is 1.45. The van der Waals surface area contributed by atoms with Gasteiger partial charge >= 0.3 is 0 Å². The number of carbonyl (C=O) groups is 2. The van der Waals surface area contributed by atoms with Crippen LogP contribution < -0.4 is 10.6 Å². The molecular weight excluding hydrogens is 240 g/mol. The van der Waals surface area contributed by atoms with Gasteiger partial charge in [0.15, 0.2) is 5.78 Å². The first-order chi connectivity index (χ1) is 9.13. The first-order valence-electron chi connectivity index (χ1n) is 6.70. The maximum Gasteiger partial charge on any atom is 0.224 e. The van der Waals surface area contributed by atoms with E-state index < -0.39 is 0 Å². The normalized spacial score (nSPS) is 10.2. The molecular formula is C15H22N2O2. The predicted molar refractivity (Wildman–Crippen MR) is 76.3 cm³/mol. The van der Waals surface area contributed by atoms with Crippen molar-refractivity contribution in [2.24, 2.45) is 0 Å². The molecule has 0 spiro atoms. The van der Waals surface area contributed by atoms with Crippen molar-refractivity contribution < 1.29 is 9.59 Å². The number of carbonyl (C=O) groups excluding carboxylic acids is 2. The van der Waals surface area contributed by atoms with Gasteiger partial charge in [0, 0.05) is 18.7 Å². The van der Waals surface area contributed by atoms with Crippen molar-refractivity contribution in [2.75, 3.05) is 19.6 Å². The van der Waals surface area contributed by atoms with Crippen LogP contribution in [-0.4, -0.2) is 31.3 Å². The third-order valence-corrected chi connectivity index (χ3v) is 2.78. The molecule has 0 heterocycles. The van der Waals surface area contributed by atoms with Crippen LogP contribution in [0.3, 0.4) is 0 Å². The number of ketones is 1. The lowest BCUT2D eigenvalue weighted by Crippen LogP contribution is -2.32. The first kappa shape index (κ1) is 15.4. The summed E-state index contributed by atoms with van der Waals surface area (Å²) in [7, 11) is 0. The summed E-state index contributed by atoms with van der Waals surface area (Å²) >= 11 is 0. The van der Waals surface area contributed by atoms with E-state index in [9.17, 15) is 9.59 Å². The average Bonchev–Trinajstić information content (AvgIpc) is 2.39. The highest BCUT2D eigenvalue weighted by Crippen LogP contribution is 2.05. The van der Waals surface area contributed by atoms with Gasteiger partial charge in [-0.3, -0.25) is 9.59 Å². The zero-order chi connectivity index (χ0) is 14.1. The quantitative estimate of drug-likeness (QED) is 0.552. The molecule has 2 N–H and O–H groups in total. The summed E-state index contributed by atoms with van der Waals surface area (Å²) in [6.45, 7) is 6.05. The summed E-state index contributed by atoms with van der Waals surface area (Å²) in [4.78, 5) is 22.8. The summed E-state index contributed by atoms with van der Waals surface area (Å²) in [5.74, 6) is 0.0480. The predicted octanol–water partition coefficient (Wildman–Crippen LogP) is 1.55. The fourth-order valence-corrected chi connectivity index (χ4v) is 1.70. The molecule has 19 heavy (non-hydrogen) atoms. The minimum Gasteiger partial charge on any atom is -0.355 e. The Bertz CT molecular complexity index is 413. The van der Waals surface area contributed by atoms with E-state index in [0.29, 0.717) is 18.5 Å². The molecule has 0 fully saturated rings. The lowest BCUT2D eigenvalue weighted by Gasteiger charge is -2.06. The van der Waals surface area contributed by atoms with Crippen molar-refractivity contribution in [1.82, 2.24) is 10.6 Å². The van der Waals surface area contributed by atoms with Crippen molar-refractivity contribution in [2.45, 2.75) is 26.7 Å². The van der Waals surface area contributed by atoms with Gasteiger partial charge in [0.2, 0.25) is 5.91 Å². The molecule has 104 valence electrons. The van der Waals surface area contributed by atoms with E-state index in [0.717, 1.165) is 25.1 Å². The maximum absolute atomic E-state index is 11.7. The third kappa shape index (κ3) is 6.15. The number of rotatable bonds is 8. The van der Waals surface area contributed by atoms with Crippen molar-refractivity contribution in [3.05, 3.63) is 35.4 Å². The molecule has 0 unspecified atom stereocenters. The summed E-state index contributed by atoms with van der Waals surface area (Å²) in [5.41, 5.74) is 1.59. The fourth-order valence-electron chi connectivity index (χ4n) is 1.70. The van der Waals surface area contributed by atoms with Crippen LogP contribution in [0.5, 0.6) is 0 Å². The number of amides is 1. The van der Waals surface area contributed by atoms with Crippen LogP contribution in [0, 0.1) is 0 Å². The van der Waals surface area contributed by atoms with E-state index >= 15 is 0 Å². The first-order valence-corrected chi connectivity index (χ1v) is 6.70. The zero-order valence-corrected chi connectivity index (χ0v) is 11.7. The van der Waals surface area contributed by atoms with E-state index in [1.54, 1.807) is 12.1 Å². The van der Waals surface area contributed by atoms with Crippen LogP contribution in [0.15, 0.2) is 24.3 Å². The standard InChI is InChI=1S/C15H22N2O2/c1-3-8-16-9-10-17-15(19)11-13-4-6-14(7-5-13)12(2)18/h4-7,16H,3,8-11H2,1-2H3,(H,17,19). The van der Waals surface area contributed by atoms with Gasteiger partial charge in [0.25, 0.3) is 0 Å². The Morgan fingerprint density at radius 3 is 2.32 bits per heavy atom. The van der Waals surface area contributed by atoms with E-state index in [-0.39, 0.29) is 11.7 Å². The van der Waals surface area contributed by atoms with Gasteiger partial charge in [-0.25, -0.2) is 0 Å². The fraction of sp³-hybridized carbons (Fsp3) is 0.467. The molecule has 0 saturated carbocycles. The maximum atomic E-state index is 11.7. The van der Waals surface area contributed by atoms with Crippen molar-refractivity contribution >= 4 is 11.7 Å². The molecule has 0 aliphatic carbocycles. The molecule has 4 heteroatoms. The highest BCUT2D eigenvalue weighted by molar-refractivity contribution is 5.94. The molecule has 0 aliphatic rings. The second kappa shape index (κ2) is 8.43. The monoisotopic (exact) mass is 262 g/mol. The Morgan fingerprint density at radius 2 is 1.74 bits per heavy atom. The zero-order valence-electron chi connectivity index (χ0n) is 11.7. The highest BCUT2D eigenvalue weighted by atomic mass is 16.1. The number of nitrogens with one attached hydrogen (secondary N) is 2. The van der Waals surface area contributed by atoms with Crippen LogP contribution in [0.2, 0.25) is 0 Å². The second-order valence-electron chi connectivity index (χ2n) is 4.53.